The van der Waals surface area contributed by atoms with Gasteiger partial charge in [-0.3, -0.25) is 19.2 Å². The van der Waals surface area contributed by atoms with E-state index in [1.54, 1.807) is 35.2 Å². The van der Waals surface area contributed by atoms with Gasteiger partial charge in [-0.25, -0.2) is 0 Å². The van der Waals surface area contributed by atoms with E-state index in [0.717, 1.165) is 23.5 Å². The molecule has 9 nitrogen and oxygen atoms in total. The second-order valence-corrected chi connectivity index (χ2v) is 10.9. The van der Waals surface area contributed by atoms with Gasteiger partial charge < -0.3 is 25.3 Å². The van der Waals surface area contributed by atoms with Crippen molar-refractivity contribution in [1.29, 1.82) is 0 Å². The van der Waals surface area contributed by atoms with Crippen molar-refractivity contribution in [2.24, 2.45) is 0 Å². The maximum absolute atomic E-state index is 12.8. The second kappa shape index (κ2) is 16.5. The Balaban J connectivity index is 0.000000335. The maximum atomic E-state index is 12.8. The number of para-hydroxylation sites is 3. The fraction of sp³-hybridized carbons (Fsp3) is 0.211. The Labute approximate surface area is 292 Å². The topological polar surface area (TPSA) is 102 Å². The Bertz CT molecular complexity index is 1840. The molecule has 50 heavy (non-hydrogen) atoms. The van der Waals surface area contributed by atoms with Gasteiger partial charge in [-0.15, -0.1) is 0 Å². The molecule has 264 valence electrons. The summed E-state index contributed by atoms with van der Waals surface area (Å²) in [6.07, 6.45) is -3.24. The fourth-order valence-electron chi connectivity index (χ4n) is 5.46. The van der Waals surface area contributed by atoms with E-state index in [1.165, 1.54) is 30.2 Å². The third-order valence-electron chi connectivity index (χ3n) is 7.86. The minimum atomic E-state index is -4.42. The molecule has 0 fully saturated rings. The molecule has 4 aromatic carbocycles. The molecule has 1 unspecified atom stereocenters. The summed E-state index contributed by atoms with van der Waals surface area (Å²) in [4.78, 5) is 53.5. The molecule has 6 rings (SSSR count). The van der Waals surface area contributed by atoms with Crippen molar-refractivity contribution in [2.75, 3.05) is 36.6 Å². The van der Waals surface area contributed by atoms with Crippen molar-refractivity contribution >= 4 is 46.3 Å². The first-order valence-electron chi connectivity index (χ1n) is 15.9. The van der Waals surface area contributed by atoms with Gasteiger partial charge in [0.2, 0.25) is 11.8 Å². The van der Waals surface area contributed by atoms with E-state index in [9.17, 15) is 32.3 Å². The zero-order chi connectivity index (χ0) is 36.4. The Hall–Kier alpha value is -5.91. The monoisotopic (exact) mass is 689 g/mol. The normalized spacial score (nSPS) is 14.9. The summed E-state index contributed by atoms with van der Waals surface area (Å²) in [5, 5.41) is 5.17. The van der Waals surface area contributed by atoms with Gasteiger partial charge in [0.05, 0.1) is 35.7 Å². The molecule has 0 aromatic heterocycles. The first-order chi connectivity index (χ1) is 24.0. The van der Waals surface area contributed by atoms with Crippen molar-refractivity contribution < 1.29 is 35.2 Å². The molecule has 0 aliphatic carbocycles. The largest absolute Gasteiger partial charge is 0.416 e. The number of rotatable bonds is 6. The Morgan fingerprint density at radius 2 is 1.36 bits per heavy atom. The van der Waals surface area contributed by atoms with Gasteiger partial charge in [-0.2, -0.15) is 13.2 Å². The highest BCUT2D eigenvalue weighted by atomic mass is 19.4. The van der Waals surface area contributed by atoms with Crippen LogP contribution >= 0.6 is 0 Å². The number of alkyl halides is 3. The van der Waals surface area contributed by atoms with Crippen molar-refractivity contribution in [3.63, 3.8) is 0 Å². The Morgan fingerprint density at radius 3 is 1.94 bits per heavy atom. The lowest BCUT2D eigenvalue weighted by atomic mass is 9.95. The Morgan fingerprint density at radius 1 is 0.820 bits per heavy atom. The van der Waals surface area contributed by atoms with Crippen LogP contribution in [0.1, 0.15) is 43.0 Å². The summed E-state index contributed by atoms with van der Waals surface area (Å²) in [6, 6.07) is 28.2. The number of halogens is 3. The summed E-state index contributed by atoms with van der Waals surface area (Å²) < 4.78 is 38.4. The Kier molecular flexibility index (Phi) is 12.2. The van der Waals surface area contributed by atoms with Gasteiger partial charge in [0.25, 0.3) is 5.91 Å². The molecule has 0 bridgehead atoms. The van der Waals surface area contributed by atoms with E-state index in [2.05, 4.69) is 17.2 Å². The van der Waals surface area contributed by atoms with E-state index in [-0.39, 0.29) is 39.6 Å². The molecule has 2 aliphatic rings. The molecule has 0 spiro atoms. The zero-order valence-corrected chi connectivity index (χ0v) is 27.9. The summed E-state index contributed by atoms with van der Waals surface area (Å²) in [6.45, 7) is 7.76. The fourth-order valence-corrected chi connectivity index (χ4v) is 5.46. The van der Waals surface area contributed by atoms with Crippen LogP contribution in [0.2, 0.25) is 0 Å². The lowest BCUT2D eigenvalue weighted by molar-refractivity contribution is -0.137. The van der Waals surface area contributed by atoms with Crippen LogP contribution in [0.25, 0.3) is 0 Å². The third-order valence-corrected chi connectivity index (χ3v) is 7.86. The highest BCUT2D eigenvalue weighted by Gasteiger charge is 2.34. The van der Waals surface area contributed by atoms with E-state index in [4.69, 9.17) is 0 Å². The van der Waals surface area contributed by atoms with Crippen LogP contribution in [0, 0.1) is 0 Å². The van der Waals surface area contributed by atoms with Crippen LogP contribution in [0.5, 0.6) is 0 Å². The first kappa shape index (κ1) is 36.9. The van der Waals surface area contributed by atoms with Crippen molar-refractivity contribution in [3.05, 3.63) is 132 Å². The number of Topliss-reactive ketones (excluding diaryl/α,β-unsaturated/α-hetero) is 1. The molecule has 0 saturated carbocycles. The number of nitrogens with zero attached hydrogens (tertiary/aromatic N) is 3. The number of ketones is 1. The number of carbonyl (C=O) groups excluding carboxylic acids is 4. The van der Waals surface area contributed by atoms with Crippen LogP contribution in [0.4, 0.5) is 35.9 Å². The molecule has 3 amide bonds. The summed E-state index contributed by atoms with van der Waals surface area (Å²) in [5.74, 6) is -1.04. The van der Waals surface area contributed by atoms with Gasteiger partial charge in [0.15, 0.2) is 5.78 Å². The standard InChI is InChI=1S/C18H16F3N3O2.C18H16N2O2.C2H6.2H2/c1-22-16(25)10-23-11-24(15-5-3-2-4-14(15)17(23)26)13-8-6-12(7-9-13)18(19,20)21;1-2-17(21)19-15-12-20(13-8-4-3-5-9-13)16-11-7-6-10-14(16)18(15)22;1-2;;/h2-9H,10-11H2,1H3,(H,22,25);2-11,15H,1,12H2,(H,19,21);1-2H3;2*1H. The van der Waals surface area contributed by atoms with E-state index in [0.29, 0.717) is 29.0 Å². The maximum Gasteiger partial charge on any atom is 0.416 e. The predicted octanol–water partition coefficient (Wildman–Crippen LogP) is 7.21. The average molecular weight is 690 g/mol. The van der Waals surface area contributed by atoms with Crippen LogP contribution in [-0.2, 0) is 15.8 Å². The van der Waals surface area contributed by atoms with Crippen LogP contribution < -0.4 is 20.4 Å². The number of carbonyl (C=O) groups is 4. The predicted molar refractivity (Wildman–Crippen MR) is 192 cm³/mol. The molecule has 12 heteroatoms. The summed E-state index contributed by atoms with van der Waals surface area (Å²) in [5.41, 5.74) is 3.20. The molecule has 2 aliphatic heterocycles. The average Bonchev–Trinajstić information content (AvgIpc) is 3.15. The third kappa shape index (κ3) is 8.38. The van der Waals surface area contributed by atoms with E-state index in [1.807, 2.05) is 67.3 Å². The van der Waals surface area contributed by atoms with Gasteiger partial charge in [-0.1, -0.05) is 62.9 Å². The highest BCUT2D eigenvalue weighted by molar-refractivity contribution is 6.09. The quantitative estimate of drug-likeness (QED) is 0.208. The van der Waals surface area contributed by atoms with Gasteiger partial charge in [0, 0.05) is 26.8 Å². The van der Waals surface area contributed by atoms with Gasteiger partial charge in [0.1, 0.15) is 12.6 Å². The van der Waals surface area contributed by atoms with Crippen LogP contribution in [0.3, 0.4) is 0 Å². The lowest BCUT2D eigenvalue weighted by Gasteiger charge is -2.37. The molecular weight excluding hydrogens is 647 g/mol. The van der Waals surface area contributed by atoms with Crippen LogP contribution in [0.15, 0.2) is 116 Å². The number of anilines is 4. The van der Waals surface area contributed by atoms with Crippen molar-refractivity contribution in [2.45, 2.75) is 26.1 Å². The highest BCUT2D eigenvalue weighted by Crippen LogP contribution is 2.36. The second-order valence-electron chi connectivity index (χ2n) is 10.9. The molecule has 2 heterocycles. The van der Waals surface area contributed by atoms with Crippen molar-refractivity contribution in [1.82, 2.24) is 15.5 Å². The number of hydrogen-bond acceptors (Lipinski definition) is 6. The summed E-state index contributed by atoms with van der Waals surface area (Å²) >= 11 is 0. The number of fused-ring (bicyclic) bond motifs is 2. The number of amides is 3. The number of likely N-dealkylation sites (N-methyl/N-ethyl adjacent to an activating group) is 1. The number of benzene rings is 4. The smallest absolute Gasteiger partial charge is 0.358 e. The summed E-state index contributed by atoms with van der Waals surface area (Å²) in [7, 11) is 1.47. The van der Waals surface area contributed by atoms with Crippen LogP contribution in [-0.4, -0.2) is 61.3 Å². The molecule has 0 radical (unpaired) electrons. The molecule has 4 aromatic rings. The van der Waals surface area contributed by atoms with E-state index < -0.39 is 17.8 Å². The molecular formula is C38H42F3N5O4. The zero-order valence-electron chi connectivity index (χ0n) is 27.9. The molecule has 2 N–H and O–H groups in total. The van der Waals surface area contributed by atoms with E-state index >= 15 is 0 Å². The molecule has 0 saturated heterocycles. The number of hydrogen-bond donors (Lipinski definition) is 2. The van der Waals surface area contributed by atoms with Crippen molar-refractivity contribution in [3.8, 4) is 0 Å². The minimum Gasteiger partial charge on any atom is -0.358 e. The number of nitrogens with one attached hydrogen (secondary N) is 2. The lowest BCUT2D eigenvalue weighted by Crippen LogP contribution is -2.50. The minimum absolute atomic E-state index is 0. The first-order valence-corrected chi connectivity index (χ1v) is 15.9. The molecule has 1 atom stereocenters. The SMILES string of the molecule is C=CC(=O)NC1CN(c2ccccc2)c2ccccc2C1=O.CC.CNC(=O)CN1CN(c2ccc(C(F)(F)F)cc2)c2ccccc2C1=O.[HH].[HH]. The van der Waals surface area contributed by atoms with Gasteiger partial charge >= 0.3 is 6.18 Å². The van der Waals surface area contributed by atoms with Gasteiger partial charge in [-0.05, 0) is 66.7 Å².